The molecule has 0 atom stereocenters. The highest BCUT2D eigenvalue weighted by molar-refractivity contribution is 5.94. The second-order valence-electron chi connectivity index (χ2n) is 4.63. The second-order valence-corrected chi connectivity index (χ2v) is 4.63. The maximum absolute atomic E-state index is 12.4. The predicted molar refractivity (Wildman–Crippen MR) is 64.8 cm³/mol. The first-order valence-corrected chi connectivity index (χ1v) is 6.05. The van der Waals surface area contributed by atoms with Crippen molar-refractivity contribution in [3.05, 3.63) is 42.4 Å². The molecule has 5 nitrogen and oxygen atoms in total. The number of imidazole rings is 1. The van der Waals surface area contributed by atoms with Crippen LogP contribution >= 0.6 is 0 Å². The topological polar surface area (TPSA) is 51.3 Å². The summed E-state index contributed by atoms with van der Waals surface area (Å²) in [4.78, 5) is 18.5. The molecule has 0 spiro atoms. The number of aryl methyl sites for hydroxylation is 1. The number of amides is 1. The van der Waals surface area contributed by atoms with Gasteiger partial charge in [-0.1, -0.05) is 0 Å². The molecule has 0 aliphatic heterocycles. The van der Waals surface area contributed by atoms with Gasteiger partial charge in [-0.15, -0.1) is 0 Å². The molecule has 2 aromatic heterocycles. The lowest BCUT2D eigenvalue weighted by atomic mass is 10.3. The molecular formula is C13H15N3O2. The van der Waals surface area contributed by atoms with E-state index >= 15 is 0 Å². The van der Waals surface area contributed by atoms with Crippen molar-refractivity contribution >= 4 is 5.91 Å². The van der Waals surface area contributed by atoms with E-state index in [-0.39, 0.29) is 5.91 Å². The van der Waals surface area contributed by atoms with Gasteiger partial charge in [-0.3, -0.25) is 4.79 Å². The van der Waals surface area contributed by atoms with Gasteiger partial charge < -0.3 is 13.9 Å². The third-order valence-electron chi connectivity index (χ3n) is 3.25. The Morgan fingerprint density at radius 2 is 2.44 bits per heavy atom. The number of carbonyl (C=O) groups excluding carboxylic acids is 1. The average molecular weight is 245 g/mol. The summed E-state index contributed by atoms with van der Waals surface area (Å²) >= 11 is 0. The van der Waals surface area contributed by atoms with Crippen LogP contribution in [-0.4, -0.2) is 26.4 Å². The Morgan fingerprint density at radius 1 is 1.61 bits per heavy atom. The smallest absolute Gasteiger partial charge is 0.257 e. The highest BCUT2D eigenvalue weighted by Gasteiger charge is 2.34. The van der Waals surface area contributed by atoms with Crippen LogP contribution in [0.15, 0.2) is 35.4 Å². The highest BCUT2D eigenvalue weighted by Crippen LogP contribution is 2.29. The quantitative estimate of drug-likeness (QED) is 0.825. The van der Waals surface area contributed by atoms with E-state index in [0.29, 0.717) is 18.2 Å². The van der Waals surface area contributed by atoms with Gasteiger partial charge in [0.2, 0.25) is 0 Å². The fourth-order valence-corrected chi connectivity index (χ4v) is 2.01. The molecule has 2 heterocycles. The van der Waals surface area contributed by atoms with Crippen molar-refractivity contribution in [1.29, 1.82) is 0 Å². The van der Waals surface area contributed by atoms with Gasteiger partial charge in [0.05, 0.1) is 18.4 Å². The first-order chi connectivity index (χ1) is 8.75. The molecule has 1 fully saturated rings. The lowest BCUT2D eigenvalue weighted by molar-refractivity contribution is 0.0723. The van der Waals surface area contributed by atoms with Gasteiger partial charge in [-0.05, 0) is 18.9 Å². The fourth-order valence-electron chi connectivity index (χ4n) is 2.01. The molecule has 3 rings (SSSR count). The molecule has 94 valence electrons. The zero-order chi connectivity index (χ0) is 12.5. The molecule has 0 unspecified atom stereocenters. The first kappa shape index (κ1) is 11.1. The van der Waals surface area contributed by atoms with Crippen LogP contribution in [-0.2, 0) is 13.6 Å². The van der Waals surface area contributed by atoms with Gasteiger partial charge in [0.15, 0.2) is 0 Å². The van der Waals surface area contributed by atoms with Gasteiger partial charge in [0.1, 0.15) is 12.1 Å². The molecular weight excluding hydrogens is 230 g/mol. The number of rotatable bonds is 4. The molecule has 5 heteroatoms. The van der Waals surface area contributed by atoms with Crippen LogP contribution in [0.5, 0.6) is 0 Å². The summed E-state index contributed by atoms with van der Waals surface area (Å²) < 4.78 is 6.92. The molecule has 18 heavy (non-hydrogen) atoms. The Balaban J connectivity index is 1.81. The van der Waals surface area contributed by atoms with Gasteiger partial charge in [-0.2, -0.15) is 0 Å². The zero-order valence-corrected chi connectivity index (χ0v) is 10.2. The van der Waals surface area contributed by atoms with E-state index in [4.69, 9.17) is 4.42 Å². The lowest BCUT2D eigenvalue weighted by Crippen LogP contribution is -2.33. The minimum Gasteiger partial charge on any atom is -0.472 e. The van der Waals surface area contributed by atoms with Crippen LogP contribution in [0, 0.1) is 0 Å². The van der Waals surface area contributed by atoms with Crippen molar-refractivity contribution in [3.8, 4) is 0 Å². The summed E-state index contributed by atoms with van der Waals surface area (Å²) in [6, 6.07) is 2.06. The molecule has 0 bridgehead atoms. The maximum Gasteiger partial charge on any atom is 0.257 e. The molecule has 1 amide bonds. The number of nitrogens with zero attached hydrogens (tertiary/aromatic N) is 3. The van der Waals surface area contributed by atoms with Gasteiger partial charge in [0, 0.05) is 25.5 Å². The maximum atomic E-state index is 12.4. The van der Waals surface area contributed by atoms with Crippen molar-refractivity contribution in [2.45, 2.75) is 25.4 Å². The van der Waals surface area contributed by atoms with E-state index in [1.165, 1.54) is 12.5 Å². The molecule has 0 aromatic carbocycles. The molecule has 2 aromatic rings. The zero-order valence-electron chi connectivity index (χ0n) is 10.2. The highest BCUT2D eigenvalue weighted by atomic mass is 16.3. The SMILES string of the molecule is Cn1ccnc1CN(C(=O)c1ccoc1)C1CC1. The van der Waals surface area contributed by atoms with E-state index < -0.39 is 0 Å². The summed E-state index contributed by atoms with van der Waals surface area (Å²) in [5.74, 6) is 0.924. The summed E-state index contributed by atoms with van der Waals surface area (Å²) in [6.45, 7) is 0.554. The molecule has 0 N–H and O–H groups in total. The van der Waals surface area contributed by atoms with Crippen molar-refractivity contribution in [2.24, 2.45) is 7.05 Å². The number of aromatic nitrogens is 2. The molecule has 1 saturated carbocycles. The molecule has 0 radical (unpaired) electrons. The van der Waals surface area contributed by atoms with Gasteiger partial charge in [0.25, 0.3) is 5.91 Å². The number of carbonyl (C=O) groups is 1. The van der Waals surface area contributed by atoms with Crippen LogP contribution in [0.25, 0.3) is 0 Å². The number of furan rings is 1. The Hall–Kier alpha value is -2.04. The third-order valence-corrected chi connectivity index (χ3v) is 3.25. The van der Waals surface area contributed by atoms with E-state index in [9.17, 15) is 4.79 Å². The lowest BCUT2D eigenvalue weighted by Gasteiger charge is -2.21. The van der Waals surface area contributed by atoms with E-state index in [1.807, 2.05) is 22.7 Å². The van der Waals surface area contributed by atoms with Crippen LogP contribution in [0.3, 0.4) is 0 Å². The Labute approximate surface area is 105 Å². The van der Waals surface area contributed by atoms with Crippen molar-refractivity contribution in [2.75, 3.05) is 0 Å². The minimum atomic E-state index is 0.0225. The van der Waals surface area contributed by atoms with Crippen LogP contribution in [0.4, 0.5) is 0 Å². The van der Waals surface area contributed by atoms with Crippen molar-refractivity contribution in [3.63, 3.8) is 0 Å². The van der Waals surface area contributed by atoms with Gasteiger partial charge >= 0.3 is 0 Å². The Morgan fingerprint density at radius 3 is 3.00 bits per heavy atom. The monoisotopic (exact) mass is 245 g/mol. The molecule has 1 aliphatic rings. The number of hydrogen-bond acceptors (Lipinski definition) is 3. The first-order valence-electron chi connectivity index (χ1n) is 6.05. The van der Waals surface area contributed by atoms with Crippen molar-refractivity contribution in [1.82, 2.24) is 14.5 Å². The minimum absolute atomic E-state index is 0.0225. The average Bonchev–Trinajstić information content (AvgIpc) is 2.90. The summed E-state index contributed by atoms with van der Waals surface area (Å²) in [6.07, 6.45) is 8.82. The normalized spacial score (nSPS) is 14.7. The number of hydrogen-bond donors (Lipinski definition) is 0. The Bertz CT molecular complexity index is 540. The van der Waals surface area contributed by atoms with Crippen LogP contribution < -0.4 is 0 Å². The Kier molecular flexibility index (Phi) is 2.66. The van der Waals surface area contributed by atoms with E-state index in [2.05, 4.69) is 4.98 Å². The summed E-state index contributed by atoms with van der Waals surface area (Å²) in [5, 5.41) is 0. The van der Waals surface area contributed by atoms with E-state index in [0.717, 1.165) is 18.7 Å². The van der Waals surface area contributed by atoms with Crippen molar-refractivity contribution < 1.29 is 9.21 Å². The van der Waals surface area contributed by atoms with Gasteiger partial charge in [-0.25, -0.2) is 4.98 Å². The molecule has 0 saturated heterocycles. The summed E-state index contributed by atoms with van der Waals surface area (Å²) in [7, 11) is 1.94. The largest absolute Gasteiger partial charge is 0.472 e. The van der Waals surface area contributed by atoms with Crippen LogP contribution in [0.2, 0.25) is 0 Å². The molecule has 1 aliphatic carbocycles. The predicted octanol–water partition coefficient (Wildman–Crippen LogP) is 1.82. The third kappa shape index (κ3) is 2.03. The standard InChI is InChI=1S/C13H15N3O2/c1-15-6-5-14-12(15)8-16(11-2-3-11)13(17)10-4-7-18-9-10/h4-7,9,11H,2-3,8H2,1H3. The summed E-state index contributed by atoms with van der Waals surface area (Å²) in [5.41, 5.74) is 0.608. The van der Waals surface area contributed by atoms with E-state index in [1.54, 1.807) is 12.3 Å². The van der Waals surface area contributed by atoms with Crippen LogP contribution in [0.1, 0.15) is 29.0 Å². The second kappa shape index (κ2) is 4.33. The fraction of sp³-hybridized carbons (Fsp3) is 0.385.